The van der Waals surface area contributed by atoms with E-state index in [-0.39, 0.29) is 5.82 Å². The molecule has 1 heterocycles. The standard InChI is InChI=1S/C17H16FN3O/c1-3-8-21-15-7-5-12(18)10-14(15)20-17(21)11-4-6-13(19)16(9-11)22-2/h3-7,9-10H,1,8,19H2,2H3. The van der Waals surface area contributed by atoms with Gasteiger partial charge in [-0.15, -0.1) is 6.58 Å². The highest BCUT2D eigenvalue weighted by atomic mass is 19.1. The maximum atomic E-state index is 13.4. The Balaban J connectivity index is 2.25. The Labute approximate surface area is 127 Å². The number of allylic oxidation sites excluding steroid dienone is 1. The molecule has 22 heavy (non-hydrogen) atoms. The molecule has 112 valence electrons. The van der Waals surface area contributed by atoms with Crippen LogP contribution in [-0.4, -0.2) is 16.7 Å². The summed E-state index contributed by atoms with van der Waals surface area (Å²) in [6.07, 6.45) is 1.78. The average Bonchev–Trinajstić information content (AvgIpc) is 2.86. The number of methoxy groups -OCH3 is 1. The number of nitrogen functional groups attached to an aromatic ring is 1. The van der Waals surface area contributed by atoms with Crippen LogP contribution in [0.25, 0.3) is 22.4 Å². The molecule has 4 nitrogen and oxygen atoms in total. The minimum Gasteiger partial charge on any atom is -0.495 e. The van der Waals surface area contributed by atoms with E-state index in [4.69, 9.17) is 10.5 Å². The Kier molecular flexibility index (Phi) is 3.55. The predicted octanol–water partition coefficient (Wildman–Crippen LogP) is 3.62. The molecule has 0 unspecified atom stereocenters. The van der Waals surface area contributed by atoms with Crippen LogP contribution in [0.15, 0.2) is 49.1 Å². The fourth-order valence-electron chi connectivity index (χ4n) is 2.49. The molecule has 0 fully saturated rings. The lowest BCUT2D eigenvalue weighted by atomic mass is 10.1. The molecule has 2 aromatic carbocycles. The van der Waals surface area contributed by atoms with Gasteiger partial charge in [-0.1, -0.05) is 6.08 Å². The quantitative estimate of drug-likeness (QED) is 0.591. The Morgan fingerprint density at radius 3 is 2.86 bits per heavy atom. The van der Waals surface area contributed by atoms with Gasteiger partial charge in [0.15, 0.2) is 0 Å². The van der Waals surface area contributed by atoms with Crippen molar-refractivity contribution in [3.63, 3.8) is 0 Å². The number of rotatable bonds is 4. The van der Waals surface area contributed by atoms with Crippen molar-refractivity contribution in [3.8, 4) is 17.1 Å². The lowest BCUT2D eigenvalue weighted by Crippen LogP contribution is -1.99. The second kappa shape index (κ2) is 5.52. The number of imidazole rings is 1. The van der Waals surface area contributed by atoms with Crippen LogP contribution in [0.4, 0.5) is 10.1 Å². The zero-order valence-electron chi connectivity index (χ0n) is 12.2. The van der Waals surface area contributed by atoms with Crippen molar-refractivity contribution in [1.82, 2.24) is 9.55 Å². The first-order chi connectivity index (χ1) is 10.6. The summed E-state index contributed by atoms with van der Waals surface area (Å²) in [6.45, 7) is 4.35. The van der Waals surface area contributed by atoms with Gasteiger partial charge in [-0.3, -0.25) is 0 Å². The maximum Gasteiger partial charge on any atom is 0.142 e. The lowest BCUT2D eigenvalue weighted by molar-refractivity contribution is 0.417. The fraction of sp³-hybridized carbons (Fsp3) is 0.118. The van der Waals surface area contributed by atoms with Crippen LogP contribution >= 0.6 is 0 Å². The van der Waals surface area contributed by atoms with Crippen LogP contribution in [0, 0.1) is 5.82 Å². The highest BCUT2D eigenvalue weighted by molar-refractivity contribution is 5.81. The fourth-order valence-corrected chi connectivity index (χ4v) is 2.49. The summed E-state index contributed by atoms with van der Waals surface area (Å²) in [4.78, 5) is 4.55. The number of ether oxygens (including phenoxy) is 1. The SMILES string of the molecule is C=CCn1c(-c2ccc(N)c(OC)c2)nc2cc(F)ccc21. The van der Waals surface area contributed by atoms with Crippen LogP contribution in [0.5, 0.6) is 5.75 Å². The summed E-state index contributed by atoms with van der Waals surface area (Å²) < 4.78 is 20.7. The molecule has 2 N–H and O–H groups in total. The number of nitrogens with two attached hydrogens (primary N) is 1. The Morgan fingerprint density at radius 1 is 1.32 bits per heavy atom. The van der Waals surface area contributed by atoms with Crippen LogP contribution in [0.1, 0.15) is 0 Å². The smallest absolute Gasteiger partial charge is 0.142 e. The molecule has 1 aromatic heterocycles. The molecule has 0 saturated heterocycles. The first-order valence-electron chi connectivity index (χ1n) is 6.84. The van der Waals surface area contributed by atoms with Gasteiger partial charge >= 0.3 is 0 Å². The van der Waals surface area contributed by atoms with Gasteiger partial charge in [0, 0.05) is 18.2 Å². The monoisotopic (exact) mass is 297 g/mol. The number of nitrogens with zero attached hydrogens (tertiary/aromatic N) is 2. The van der Waals surface area contributed by atoms with Crippen molar-refractivity contribution in [2.75, 3.05) is 12.8 Å². The van der Waals surface area contributed by atoms with E-state index in [1.807, 2.05) is 16.7 Å². The summed E-state index contributed by atoms with van der Waals surface area (Å²) in [5, 5.41) is 0. The van der Waals surface area contributed by atoms with E-state index < -0.39 is 0 Å². The Morgan fingerprint density at radius 2 is 2.14 bits per heavy atom. The van der Waals surface area contributed by atoms with Gasteiger partial charge in [0.2, 0.25) is 0 Å². The summed E-state index contributed by atoms with van der Waals surface area (Å²) in [6, 6.07) is 10.0. The van der Waals surface area contributed by atoms with Crippen LogP contribution in [0.3, 0.4) is 0 Å². The van der Waals surface area contributed by atoms with Crippen molar-refractivity contribution in [2.24, 2.45) is 0 Å². The Hall–Kier alpha value is -2.82. The molecule has 0 spiro atoms. The molecule has 0 aliphatic carbocycles. The van der Waals surface area contributed by atoms with Gasteiger partial charge < -0.3 is 15.0 Å². The number of hydrogen-bond acceptors (Lipinski definition) is 3. The third kappa shape index (κ3) is 2.30. The summed E-state index contributed by atoms with van der Waals surface area (Å²) in [5.74, 6) is 0.997. The molecule has 0 radical (unpaired) electrons. The molecule has 0 aliphatic heterocycles. The van der Waals surface area contributed by atoms with Crippen LogP contribution in [0.2, 0.25) is 0 Å². The molecule has 0 bridgehead atoms. The van der Waals surface area contributed by atoms with Gasteiger partial charge in [0.25, 0.3) is 0 Å². The first-order valence-corrected chi connectivity index (χ1v) is 6.84. The largest absolute Gasteiger partial charge is 0.495 e. The van der Waals surface area contributed by atoms with E-state index >= 15 is 0 Å². The molecule has 3 rings (SSSR count). The van der Waals surface area contributed by atoms with Gasteiger partial charge in [-0.05, 0) is 30.3 Å². The topological polar surface area (TPSA) is 53.1 Å². The van der Waals surface area contributed by atoms with Gasteiger partial charge in [-0.25, -0.2) is 9.37 Å². The van der Waals surface area contributed by atoms with Crippen molar-refractivity contribution in [2.45, 2.75) is 6.54 Å². The minimum atomic E-state index is -0.308. The van der Waals surface area contributed by atoms with Crippen LogP contribution in [-0.2, 0) is 6.54 Å². The van der Waals surface area contributed by atoms with Crippen LogP contribution < -0.4 is 10.5 Å². The normalized spacial score (nSPS) is 10.8. The summed E-state index contributed by atoms with van der Waals surface area (Å²) >= 11 is 0. The van der Waals surface area contributed by atoms with E-state index in [0.717, 1.165) is 16.9 Å². The third-order valence-electron chi connectivity index (χ3n) is 3.51. The van der Waals surface area contributed by atoms with E-state index in [0.29, 0.717) is 23.5 Å². The average molecular weight is 297 g/mol. The number of hydrogen-bond donors (Lipinski definition) is 1. The molecular weight excluding hydrogens is 281 g/mol. The zero-order valence-corrected chi connectivity index (χ0v) is 12.2. The number of aromatic nitrogens is 2. The number of fused-ring (bicyclic) bond motifs is 1. The first kappa shape index (κ1) is 14.1. The molecule has 3 aromatic rings. The highest BCUT2D eigenvalue weighted by Crippen LogP contribution is 2.30. The van der Waals surface area contributed by atoms with E-state index in [9.17, 15) is 4.39 Å². The highest BCUT2D eigenvalue weighted by Gasteiger charge is 2.14. The number of halogens is 1. The van der Waals surface area contributed by atoms with Crippen molar-refractivity contribution >= 4 is 16.7 Å². The van der Waals surface area contributed by atoms with Gasteiger partial charge in [0.1, 0.15) is 17.4 Å². The second-order valence-electron chi connectivity index (χ2n) is 4.92. The molecular formula is C17H16FN3O. The molecule has 0 amide bonds. The molecule has 0 aliphatic rings. The second-order valence-corrected chi connectivity index (χ2v) is 4.92. The molecule has 0 atom stereocenters. The van der Waals surface area contributed by atoms with E-state index in [1.54, 1.807) is 25.3 Å². The zero-order chi connectivity index (χ0) is 15.7. The number of anilines is 1. The third-order valence-corrected chi connectivity index (χ3v) is 3.51. The van der Waals surface area contributed by atoms with Crippen molar-refractivity contribution in [1.29, 1.82) is 0 Å². The van der Waals surface area contributed by atoms with E-state index in [2.05, 4.69) is 11.6 Å². The van der Waals surface area contributed by atoms with E-state index in [1.165, 1.54) is 12.1 Å². The minimum absolute atomic E-state index is 0.308. The summed E-state index contributed by atoms with van der Waals surface area (Å²) in [7, 11) is 1.57. The van der Waals surface area contributed by atoms with Gasteiger partial charge in [-0.2, -0.15) is 0 Å². The molecule has 0 saturated carbocycles. The van der Waals surface area contributed by atoms with Gasteiger partial charge in [0.05, 0.1) is 23.8 Å². The van der Waals surface area contributed by atoms with Crippen molar-refractivity contribution in [3.05, 3.63) is 54.9 Å². The lowest BCUT2D eigenvalue weighted by Gasteiger charge is -2.09. The predicted molar refractivity (Wildman–Crippen MR) is 86.3 cm³/mol. The summed E-state index contributed by atoms with van der Waals surface area (Å²) in [5.41, 5.74) is 8.72. The number of benzene rings is 2. The maximum absolute atomic E-state index is 13.4. The molecule has 5 heteroatoms. The Bertz CT molecular complexity index is 854. The van der Waals surface area contributed by atoms with Crippen molar-refractivity contribution < 1.29 is 9.13 Å².